The van der Waals surface area contributed by atoms with Crippen molar-refractivity contribution >= 4 is 5.78 Å². The van der Waals surface area contributed by atoms with Gasteiger partial charge in [-0.25, -0.2) is 8.78 Å². The summed E-state index contributed by atoms with van der Waals surface area (Å²) in [5.41, 5.74) is 7.27. The Hall–Kier alpha value is -2.07. The Morgan fingerprint density at radius 1 is 1.10 bits per heavy atom. The van der Waals surface area contributed by atoms with Crippen LogP contribution < -0.4 is 5.73 Å². The molecule has 2 aromatic carbocycles. The van der Waals surface area contributed by atoms with Crippen LogP contribution in [-0.2, 0) is 11.2 Å². The molecule has 0 bridgehead atoms. The van der Waals surface area contributed by atoms with Crippen LogP contribution in [0.15, 0.2) is 48.5 Å². The zero-order valence-corrected chi connectivity index (χ0v) is 11.7. The second-order valence-electron chi connectivity index (χ2n) is 5.15. The minimum atomic E-state index is -0.683. The maximum atomic E-state index is 13.1. The number of benzene rings is 2. The molecule has 21 heavy (non-hydrogen) atoms. The van der Waals surface area contributed by atoms with Gasteiger partial charge in [-0.15, -0.1) is 0 Å². The molecule has 2 unspecified atom stereocenters. The van der Waals surface area contributed by atoms with Gasteiger partial charge in [0.2, 0.25) is 0 Å². The smallest absolute Gasteiger partial charge is 0.141 e. The van der Waals surface area contributed by atoms with Gasteiger partial charge in [-0.1, -0.05) is 37.3 Å². The van der Waals surface area contributed by atoms with Crippen molar-refractivity contribution in [2.24, 2.45) is 11.7 Å². The molecule has 0 amide bonds. The van der Waals surface area contributed by atoms with Crippen molar-refractivity contribution in [3.05, 3.63) is 71.3 Å². The minimum absolute atomic E-state index is 0.0314. The van der Waals surface area contributed by atoms with E-state index in [4.69, 9.17) is 5.73 Å². The van der Waals surface area contributed by atoms with Crippen LogP contribution in [0.1, 0.15) is 24.1 Å². The van der Waals surface area contributed by atoms with Gasteiger partial charge >= 0.3 is 0 Å². The molecule has 110 valence electrons. The maximum absolute atomic E-state index is 13.1. The predicted molar refractivity (Wildman–Crippen MR) is 77.6 cm³/mol. The lowest BCUT2D eigenvalue weighted by Gasteiger charge is -2.19. The molecule has 0 aliphatic heterocycles. The summed E-state index contributed by atoms with van der Waals surface area (Å²) in [7, 11) is 0. The molecule has 2 nitrogen and oxygen atoms in total. The molecule has 2 atom stereocenters. The average molecular weight is 289 g/mol. The molecule has 0 radical (unpaired) electrons. The largest absolute Gasteiger partial charge is 0.323 e. The molecule has 0 heterocycles. The molecule has 0 aliphatic rings. The fraction of sp³-hybridized carbons (Fsp3) is 0.235. The SMILES string of the molecule is CC(C(=O)Cc1cc(F)cc(F)c1)C(N)c1ccccc1. The second-order valence-corrected chi connectivity index (χ2v) is 5.15. The molecule has 0 saturated heterocycles. The highest BCUT2D eigenvalue weighted by molar-refractivity contribution is 5.83. The van der Waals surface area contributed by atoms with Gasteiger partial charge in [-0.05, 0) is 23.3 Å². The van der Waals surface area contributed by atoms with E-state index in [0.717, 1.165) is 11.6 Å². The van der Waals surface area contributed by atoms with Gasteiger partial charge in [0.15, 0.2) is 0 Å². The van der Waals surface area contributed by atoms with Crippen LogP contribution in [0.25, 0.3) is 0 Å². The Morgan fingerprint density at radius 3 is 2.24 bits per heavy atom. The van der Waals surface area contributed by atoms with Crippen molar-refractivity contribution < 1.29 is 13.6 Å². The quantitative estimate of drug-likeness (QED) is 0.916. The van der Waals surface area contributed by atoms with Gasteiger partial charge in [0.05, 0.1) is 0 Å². The van der Waals surface area contributed by atoms with E-state index in [1.165, 1.54) is 12.1 Å². The van der Waals surface area contributed by atoms with E-state index in [-0.39, 0.29) is 12.2 Å². The predicted octanol–water partition coefficient (Wildman–Crippen LogP) is 3.41. The van der Waals surface area contributed by atoms with Gasteiger partial charge in [0.1, 0.15) is 17.4 Å². The van der Waals surface area contributed by atoms with Crippen molar-refractivity contribution in [2.75, 3.05) is 0 Å². The minimum Gasteiger partial charge on any atom is -0.323 e. The van der Waals surface area contributed by atoms with Crippen LogP contribution in [0.5, 0.6) is 0 Å². The summed E-state index contributed by atoms with van der Waals surface area (Å²) in [5, 5.41) is 0. The molecule has 2 N–H and O–H groups in total. The van der Waals surface area contributed by atoms with Crippen molar-refractivity contribution in [1.29, 1.82) is 0 Å². The lowest BCUT2D eigenvalue weighted by atomic mass is 9.89. The topological polar surface area (TPSA) is 43.1 Å². The first-order chi connectivity index (χ1) is 9.97. The van der Waals surface area contributed by atoms with Gasteiger partial charge in [-0.2, -0.15) is 0 Å². The third-order valence-electron chi connectivity index (χ3n) is 3.53. The van der Waals surface area contributed by atoms with E-state index in [9.17, 15) is 13.6 Å². The van der Waals surface area contributed by atoms with E-state index in [1.807, 2.05) is 30.3 Å². The number of carbonyl (C=O) groups is 1. The lowest BCUT2D eigenvalue weighted by molar-refractivity contribution is -0.122. The Bertz CT molecular complexity index is 608. The zero-order valence-electron chi connectivity index (χ0n) is 11.7. The third kappa shape index (κ3) is 3.95. The number of hydrogen-bond donors (Lipinski definition) is 1. The summed E-state index contributed by atoms with van der Waals surface area (Å²) in [4.78, 5) is 12.2. The van der Waals surface area contributed by atoms with Crippen molar-refractivity contribution in [1.82, 2.24) is 0 Å². The van der Waals surface area contributed by atoms with E-state index < -0.39 is 23.6 Å². The Morgan fingerprint density at radius 2 is 1.67 bits per heavy atom. The summed E-state index contributed by atoms with van der Waals surface area (Å²) in [6.07, 6.45) is -0.0314. The summed E-state index contributed by atoms with van der Waals surface area (Å²) >= 11 is 0. The van der Waals surface area contributed by atoms with Crippen molar-refractivity contribution in [3.8, 4) is 0 Å². The number of carbonyl (C=O) groups excluding carboxylic acids is 1. The van der Waals surface area contributed by atoms with Gasteiger partial charge < -0.3 is 5.73 Å². The molecular weight excluding hydrogens is 272 g/mol. The van der Waals surface area contributed by atoms with Crippen molar-refractivity contribution in [2.45, 2.75) is 19.4 Å². The molecule has 0 spiro atoms. The van der Waals surface area contributed by atoms with Crippen LogP contribution in [0.3, 0.4) is 0 Å². The molecule has 4 heteroatoms. The second kappa shape index (κ2) is 6.59. The van der Waals surface area contributed by atoms with Crippen LogP contribution in [0, 0.1) is 17.6 Å². The van der Waals surface area contributed by atoms with Crippen LogP contribution in [-0.4, -0.2) is 5.78 Å². The Kier molecular flexibility index (Phi) is 4.81. The van der Waals surface area contributed by atoms with Crippen LogP contribution in [0.4, 0.5) is 8.78 Å². The summed E-state index contributed by atoms with van der Waals surface area (Å²) in [6, 6.07) is 12.0. The number of rotatable bonds is 5. The molecule has 0 fully saturated rings. The molecule has 0 aliphatic carbocycles. The van der Waals surface area contributed by atoms with E-state index in [0.29, 0.717) is 5.56 Å². The normalized spacial score (nSPS) is 13.7. The number of ketones is 1. The van der Waals surface area contributed by atoms with E-state index >= 15 is 0 Å². The highest BCUT2D eigenvalue weighted by atomic mass is 19.1. The number of halogens is 2. The number of Topliss-reactive ketones (excluding diaryl/α,β-unsaturated/α-hetero) is 1. The lowest BCUT2D eigenvalue weighted by Crippen LogP contribution is -2.27. The highest BCUT2D eigenvalue weighted by Crippen LogP contribution is 2.21. The maximum Gasteiger partial charge on any atom is 0.141 e. The van der Waals surface area contributed by atoms with Crippen LogP contribution in [0.2, 0.25) is 0 Å². The fourth-order valence-electron chi connectivity index (χ4n) is 2.24. The first kappa shape index (κ1) is 15.3. The van der Waals surface area contributed by atoms with Crippen LogP contribution >= 0.6 is 0 Å². The van der Waals surface area contributed by atoms with Gasteiger partial charge in [0, 0.05) is 24.4 Å². The molecule has 2 aromatic rings. The van der Waals surface area contributed by atoms with Gasteiger partial charge in [0.25, 0.3) is 0 Å². The van der Waals surface area contributed by atoms with E-state index in [1.54, 1.807) is 6.92 Å². The zero-order chi connectivity index (χ0) is 15.4. The highest BCUT2D eigenvalue weighted by Gasteiger charge is 2.22. The molecule has 0 saturated carbocycles. The summed E-state index contributed by atoms with van der Waals surface area (Å²) < 4.78 is 26.3. The molecule has 2 rings (SSSR count). The average Bonchev–Trinajstić information content (AvgIpc) is 2.45. The van der Waals surface area contributed by atoms with Crippen molar-refractivity contribution in [3.63, 3.8) is 0 Å². The number of hydrogen-bond acceptors (Lipinski definition) is 2. The first-order valence-corrected chi connectivity index (χ1v) is 6.75. The first-order valence-electron chi connectivity index (χ1n) is 6.75. The fourth-order valence-corrected chi connectivity index (χ4v) is 2.24. The van der Waals surface area contributed by atoms with E-state index in [2.05, 4.69) is 0 Å². The standard InChI is InChI=1S/C17H17F2NO/c1-11(17(20)13-5-3-2-4-6-13)16(21)9-12-7-14(18)10-15(19)8-12/h2-8,10-11,17H,9,20H2,1H3. The number of nitrogens with two attached hydrogens (primary N) is 1. The monoisotopic (exact) mass is 289 g/mol. The Labute approximate surface area is 122 Å². The Balaban J connectivity index is 2.09. The summed E-state index contributed by atoms with van der Waals surface area (Å²) in [6.45, 7) is 1.73. The molecule has 0 aromatic heterocycles. The summed E-state index contributed by atoms with van der Waals surface area (Å²) in [5.74, 6) is -1.94. The van der Waals surface area contributed by atoms with Gasteiger partial charge in [-0.3, -0.25) is 4.79 Å². The third-order valence-corrected chi connectivity index (χ3v) is 3.53. The molecular formula is C17H17F2NO.